The van der Waals surface area contributed by atoms with Crippen molar-refractivity contribution in [1.82, 2.24) is 9.55 Å². The molecule has 0 radical (unpaired) electrons. The molecule has 1 heterocycles. The van der Waals surface area contributed by atoms with E-state index in [1.54, 1.807) is 43.5 Å². The summed E-state index contributed by atoms with van der Waals surface area (Å²) in [6.07, 6.45) is 1.43. The monoisotopic (exact) mass is 381 g/mol. The average molecular weight is 381 g/mol. The number of benzene rings is 2. The van der Waals surface area contributed by atoms with Crippen molar-refractivity contribution in [2.45, 2.75) is 19.9 Å². The quantitative estimate of drug-likeness (QED) is 0.709. The number of nitrogens with one attached hydrogen (secondary N) is 1. The lowest BCUT2D eigenvalue weighted by atomic mass is 10.0. The topological polar surface area (TPSA) is 82.5 Å². The third-order valence-electron chi connectivity index (χ3n) is 4.54. The highest BCUT2D eigenvalue weighted by molar-refractivity contribution is 5.94. The second kappa shape index (κ2) is 8.12. The molecule has 146 valence electrons. The lowest BCUT2D eigenvalue weighted by molar-refractivity contribution is -0.120. The number of hydrogen-bond acceptors (Lipinski definition) is 5. The second-order valence-electron chi connectivity index (χ2n) is 6.72. The van der Waals surface area contributed by atoms with E-state index in [-0.39, 0.29) is 17.4 Å². The number of para-hydroxylation sites is 1. The highest BCUT2D eigenvalue weighted by atomic mass is 16.5. The molecule has 7 nitrogen and oxygen atoms in total. The Kier molecular flexibility index (Phi) is 5.63. The van der Waals surface area contributed by atoms with Crippen LogP contribution in [0, 0.1) is 5.92 Å². The molecular weight excluding hydrogens is 358 g/mol. The van der Waals surface area contributed by atoms with Crippen molar-refractivity contribution in [2.75, 3.05) is 19.5 Å². The fraction of sp³-hybridized carbons (Fsp3) is 0.286. The van der Waals surface area contributed by atoms with E-state index in [1.807, 2.05) is 19.9 Å². The number of fused-ring (bicyclic) bond motifs is 1. The number of anilines is 1. The zero-order chi connectivity index (χ0) is 20.3. The SMILES string of the molecule is COc1ccc(NC(=O)[C@H](C(C)C)n2cnc3ccccc3c2=O)cc1OC. The smallest absolute Gasteiger partial charge is 0.261 e. The van der Waals surface area contributed by atoms with Crippen LogP contribution in [-0.4, -0.2) is 29.7 Å². The first-order chi connectivity index (χ1) is 13.5. The Morgan fingerprint density at radius 3 is 2.46 bits per heavy atom. The summed E-state index contributed by atoms with van der Waals surface area (Å²) >= 11 is 0. The highest BCUT2D eigenvalue weighted by Crippen LogP contribution is 2.30. The van der Waals surface area contributed by atoms with Gasteiger partial charge in [0.2, 0.25) is 5.91 Å². The standard InChI is InChI=1S/C21H23N3O4/c1-13(2)19(24-12-22-16-8-6-5-7-15(16)21(24)26)20(25)23-14-9-10-17(27-3)18(11-14)28-4/h5-13,19H,1-4H3,(H,23,25)/t19-/m0/s1. The molecule has 1 amide bonds. The number of rotatable bonds is 6. The summed E-state index contributed by atoms with van der Waals surface area (Å²) in [7, 11) is 3.07. The number of nitrogens with zero attached hydrogens (tertiary/aromatic N) is 2. The molecule has 0 unspecified atom stereocenters. The van der Waals surface area contributed by atoms with E-state index in [0.29, 0.717) is 28.1 Å². The van der Waals surface area contributed by atoms with Crippen molar-refractivity contribution in [3.63, 3.8) is 0 Å². The molecule has 0 bridgehead atoms. The summed E-state index contributed by atoms with van der Waals surface area (Å²) in [6, 6.07) is 11.5. The maximum Gasteiger partial charge on any atom is 0.261 e. The summed E-state index contributed by atoms with van der Waals surface area (Å²) < 4.78 is 11.9. The Balaban J connectivity index is 1.96. The van der Waals surface area contributed by atoms with Gasteiger partial charge in [-0.05, 0) is 30.2 Å². The van der Waals surface area contributed by atoms with Crippen molar-refractivity contribution in [2.24, 2.45) is 5.92 Å². The minimum absolute atomic E-state index is 0.124. The molecule has 3 aromatic rings. The summed E-state index contributed by atoms with van der Waals surface area (Å²) in [6.45, 7) is 3.78. The molecule has 3 rings (SSSR count). The summed E-state index contributed by atoms with van der Waals surface area (Å²) in [5, 5.41) is 3.34. The number of carbonyl (C=O) groups is 1. The molecule has 0 spiro atoms. The van der Waals surface area contributed by atoms with Gasteiger partial charge in [-0.3, -0.25) is 14.2 Å². The molecule has 0 fully saturated rings. The fourth-order valence-corrected chi connectivity index (χ4v) is 3.16. The fourth-order valence-electron chi connectivity index (χ4n) is 3.16. The normalized spacial score (nSPS) is 12.0. The Hall–Kier alpha value is -3.35. The molecule has 1 aromatic heterocycles. The first-order valence-electron chi connectivity index (χ1n) is 8.95. The summed E-state index contributed by atoms with van der Waals surface area (Å²) in [4.78, 5) is 30.3. The molecule has 0 aliphatic heterocycles. The van der Waals surface area contributed by atoms with Crippen LogP contribution in [0.15, 0.2) is 53.6 Å². The number of methoxy groups -OCH3 is 2. The molecule has 1 atom stereocenters. The van der Waals surface area contributed by atoms with E-state index < -0.39 is 6.04 Å². The average Bonchev–Trinajstić information content (AvgIpc) is 2.69. The van der Waals surface area contributed by atoms with Gasteiger partial charge in [-0.1, -0.05) is 26.0 Å². The van der Waals surface area contributed by atoms with Crippen LogP contribution in [0.5, 0.6) is 11.5 Å². The predicted octanol–water partition coefficient (Wildman–Crippen LogP) is 3.25. The van der Waals surface area contributed by atoms with E-state index in [9.17, 15) is 9.59 Å². The summed E-state index contributed by atoms with van der Waals surface area (Å²) in [5.41, 5.74) is 0.911. The number of amides is 1. The lowest BCUT2D eigenvalue weighted by Crippen LogP contribution is -2.36. The van der Waals surface area contributed by atoms with E-state index in [4.69, 9.17) is 9.47 Å². The number of hydrogen-bond donors (Lipinski definition) is 1. The minimum atomic E-state index is -0.710. The Morgan fingerprint density at radius 2 is 1.79 bits per heavy atom. The Morgan fingerprint density at radius 1 is 1.07 bits per heavy atom. The van der Waals surface area contributed by atoms with Gasteiger partial charge in [-0.25, -0.2) is 4.98 Å². The van der Waals surface area contributed by atoms with Crippen LogP contribution < -0.4 is 20.3 Å². The van der Waals surface area contributed by atoms with Gasteiger partial charge in [-0.2, -0.15) is 0 Å². The van der Waals surface area contributed by atoms with Crippen molar-refractivity contribution in [3.05, 3.63) is 59.1 Å². The van der Waals surface area contributed by atoms with Gasteiger partial charge in [0.25, 0.3) is 5.56 Å². The van der Waals surface area contributed by atoms with Crippen LogP contribution in [0.4, 0.5) is 5.69 Å². The predicted molar refractivity (Wildman–Crippen MR) is 108 cm³/mol. The molecule has 0 aliphatic rings. The van der Waals surface area contributed by atoms with E-state index in [1.165, 1.54) is 18.0 Å². The first kappa shape index (κ1) is 19.4. The molecular formula is C21H23N3O4. The highest BCUT2D eigenvalue weighted by Gasteiger charge is 2.26. The van der Waals surface area contributed by atoms with Crippen LogP contribution in [0.25, 0.3) is 10.9 Å². The lowest BCUT2D eigenvalue weighted by Gasteiger charge is -2.23. The largest absolute Gasteiger partial charge is 0.493 e. The van der Waals surface area contributed by atoms with Crippen molar-refractivity contribution in [3.8, 4) is 11.5 Å². The number of carbonyl (C=O) groups excluding carboxylic acids is 1. The van der Waals surface area contributed by atoms with Crippen LogP contribution >= 0.6 is 0 Å². The first-order valence-corrected chi connectivity index (χ1v) is 8.95. The zero-order valence-corrected chi connectivity index (χ0v) is 16.3. The maximum atomic E-state index is 13.0. The zero-order valence-electron chi connectivity index (χ0n) is 16.3. The van der Waals surface area contributed by atoms with Crippen LogP contribution in [0.2, 0.25) is 0 Å². The number of aromatic nitrogens is 2. The van der Waals surface area contributed by atoms with Gasteiger partial charge in [0.1, 0.15) is 6.04 Å². The van der Waals surface area contributed by atoms with Crippen molar-refractivity contribution < 1.29 is 14.3 Å². The Labute approximate surface area is 162 Å². The third kappa shape index (κ3) is 3.69. The van der Waals surface area contributed by atoms with Gasteiger partial charge in [0.05, 0.1) is 31.4 Å². The molecule has 0 saturated carbocycles. The number of ether oxygens (including phenoxy) is 2. The van der Waals surface area contributed by atoms with Gasteiger partial charge < -0.3 is 14.8 Å². The molecule has 0 saturated heterocycles. The van der Waals surface area contributed by atoms with Gasteiger partial charge >= 0.3 is 0 Å². The molecule has 2 aromatic carbocycles. The van der Waals surface area contributed by atoms with Gasteiger partial charge in [0, 0.05) is 11.8 Å². The van der Waals surface area contributed by atoms with Gasteiger partial charge in [-0.15, -0.1) is 0 Å². The van der Waals surface area contributed by atoms with Crippen molar-refractivity contribution in [1.29, 1.82) is 0 Å². The summed E-state index contributed by atoms with van der Waals surface area (Å²) in [5.74, 6) is 0.643. The van der Waals surface area contributed by atoms with Gasteiger partial charge in [0.15, 0.2) is 11.5 Å². The van der Waals surface area contributed by atoms with Crippen LogP contribution in [-0.2, 0) is 4.79 Å². The second-order valence-corrected chi connectivity index (χ2v) is 6.72. The third-order valence-corrected chi connectivity index (χ3v) is 4.54. The molecule has 1 N–H and O–H groups in total. The van der Waals surface area contributed by atoms with Crippen LogP contribution in [0.3, 0.4) is 0 Å². The van der Waals surface area contributed by atoms with Crippen LogP contribution in [0.1, 0.15) is 19.9 Å². The van der Waals surface area contributed by atoms with E-state index in [2.05, 4.69) is 10.3 Å². The minimum Gasteiger partial charge on any atom is -0.493 e. The molecule has 0 aliphatic carbocycles. The Bertz CT molecular complexity index is 1060. The van der Waals surface area contributed by atoms with E-state index in [0.717, 1.165) is 0 Å². The molecule has 7 heteroatoms. The maximum absolute atomic E-state index is 13.0. The van der Waals surface area contributed by atoms with Crippen molar-refractivity contribution >= 4 is 22.5 Å². The molecule has 28 heavy (non-hydrogen) atoms. The van der Waals surface area contributed by atoms with E-state index >= 15 is 0 Å².